The van der Waals surface area contributed by atoms with Crippen molar-refractivity contribution in [2.75, 3.05) is 14.2 Å². The molecule has 2 aromatic rings. The zero-order valence-electron chi connectivity index (χ0n) is 11.6. The summed E-state index contributed by atoms with van der Waals surface area (Å²) in [4.78, 5) is 0. The fourth-order valence-corrected chi connectivity index (χ4v) is 2.76. The van der Waals surface area contributed by atoms with Gasteiger partial charge in [-0.1, -0.05) is 0 Å². The van der Waals surface area contributed by atoms with Gasteiger partial charge in [-0.3, -0.25) is 5.84 Å². The van der Waals surface area contributed by atoms with Gasteiger partial charge in [0.2, 0.25) is 0 Å². The van der Waals surface area contributed by atoms with Gasteiger partial charge in [0.05, 0.1) is 14.2 Å². The molecule has 6 heteroatoms. The molecule has 0 bridgehead atoms. The molecule has 0 fully saturated rings. The number of aryl methyl sites for hydroxylation is 1. The average molecular weight is 341 g/mol. The molecular weight excluding hydrogens is 324 g/mol. The Labute approximate surface area is 126 Å². The summed E-state index contributed by atoms with van der Waals surface area (Å²) in [6, 6.07) is 7.22. The molecule has 0 saturated heterocycles. The van der Waals surface area contributed by atoms with Crippen LogP contribution in [0.15, 0.2) is 33.2 Å². The van der Waals surface area contributed by atoms with E-state index in [0.717, 1.165) is 21.6 Å². The maximum atomic E-state index is 5.68. The monoisotopic (exact) mass is 340 g/mol. The number of nitrogens with two attached hydrogens (primary N) is 1. The molecule has 2 rings (SSSR count). The van der Waals surface area contributed by atoms with E-state index in [4.69, 9.17) is 19.7 Å². The van der Waals surface area contributed by atoms with Crippen LogP contribution in [-0.4, -0.2) is 14.2 Å². The Hall–Kier alpha value is -1.50. The molecule has 0 aliphatic rings. The summed E-state index contributed by atoms with van der Waals surface area (Å²) in [6.45, 7) is 1.89. The summed E-state index contributed by atoms with van der Waals surface area (Å²) in [5.74, 6) is 8.57. The number of halogens is 1. The second kappa shape index (κ2) is 6.30. The second-order valence-corrected chi connectivity index (χ2v) is 5.05. The highest BCUT2D eigenvalue weighted by Crippen LogP contribution is 2.41. The molecule has 108 valence electrons. The summed E-state index contributed by atoms with van der Waals surface area (Å²) in [5, 5.41) is 0. The number of hydrogen-bond acceptors (Lipinski definition) is 5. The summed E-state index contributed by atoms with van der Waals surface area (Å²) >= 11 is 3.48. The third-order valence-corrected chi connectivity index (χ3v) is 3.79. The van der Waals surface area contributed by atoms with Gasteiger partial charge in [-0.15, -0.1) is 0 Å². The van der Waals surface area contributed by atoms with Crippen LogP contribution in [0.5, 0.6) is 11.5 Å². The van der Waals surface area contributed by atoms with Crippen LogP contribution in [0.3, 0.4) is 0 Å². The first kappa shape index (κ1) is 14.9. The Morgan fingerprint density at radius 3 is 2.45 bits per heavy atom. The molecule has 0 saturated carbocycles. The largest absolute Gasteiger partial charge is 0.495 e. The van der Waals surface area contributed by atoms with Crippen molar-refractivity contribution in [2.45, 2.75) is 13.0 Å². The predicted molar refractivity (Wildman–Crippen MR) is 79.9 cm³/mol. The van der Waals surface area contributed by atoms with Crippen LogP contribution in [0.1, 0.15) is 23.1 Å². The lowest BCUT2D eigenvalue weighted by Crippen LogP contribution is -2.29. The number of methoxy groups -OCH3 is 2. The highest BCUT2D eigenvalue weighted by molar-refractivity contribution is 9.10. The summed E-state index contributed by atoms with van der Waals surface area (Å²) in [6.07, 6.45) is 0. The second-order valence-electron chi connectivity index (χ2n) is 4.25. The molecule has 0 radical (unpaired) electrons. The smallest absolute Gasteiger partial charge is 0.142 e. The molecule has 0 amide bonds. The van der Waals surface area contributed by atoms with Crippen molar-refractivity contribution in [2.24, 2.45) is 5.84 Å². The van der Waals surface area contributed by atoms with Crippen LogP contribution in [0.2, 0.25) is 0 Å². The molecule has 0 spiro atoms. The lowest BCUT2D eigenvalue weighted by Gasteiger charge is -2.19. The fourth-order valence-electron chi connectivity index (χ4n) is 2.08. The van der Waals surface area contributed by atoms with Crippen LogP contribution in [-0.2, 0) is 0 Å². The quantitative estimate of drug-likeness (QED) is 0.646. The van der Waals surface area contributed by atoms with Gasteiger partial charge in [0, 0.05) is 5.56 Å². The minimum atomic E-state index is -0.305. The Morgan fingerprint density at radius 2 is 1.95 bits per heavy atom. The van der Waals surface area contributed by atoms with Crippen molar-refractivity contribution in [1.29, 1.82) is 0 Å². The molecule has 0 aliphatic carbocycles. The van der Waals surface area contributed by atoms with Crippen LogP contribution in [0.4, 0.5) is 0 Å². The molecule has 0 aliphatic heterocycles. The summed E-state index contributed by atoms with van der Waals surface area (Å²) in [7, 11) is 3.21. The zero-order valence-corrected chi connectivity index (χ0v) is 13.2. The van der Waals surface area contributed by atoms with Crippen molar-refractivity contribution >= 4 is 15.9 Å². The number of hydrogen-bond donors (Lipinski definition) is 2. The molecule has 1 aromatic carbocycles. The van der Waals surface area contributed by atoms with Crippen molar-refractivity contribution in [3.63, 3.8) is 0 Å². The van der Waals surface area contributed by atoms with E-state index < -0.39 is 0 Å². The predicted octanol–water partition coefficient (Wildman–Crippen LogP) is 2.92. The zero-order chi connectivity index (χ0) is 14.7. The maximum absolute atomic E-state index is 5.68. The minimum absolute atomic E-state index is 0.305. The lowest BCUT2D eigenvalue weighted by molar-refractivity contribution is 0.375. The molecule has 1 aromatic heterocycles. The van der Waals surface area contributed by atoms with Gasteiger partial charge in [0.15, 0.2) is 0 Å². The lowest BCUT2D eigenvalue weighted by atomic mass is 10.0. The third-order valence-electron chi connectivity index (χ3n) is 3.04. The van der Waals surface area contributed by atoms with E-state index in [2.05, 4.69) is 21.4 Å². The molecule has 3 N–H and O–H groups in total. The molecule has 5 nitrogen and oxygen atoms in total. The number of hydrazine groups is 1. The Kier molecular flexibility index (Phi) is 4.69. The first-order chi connectivity index (χ1) is 9.62. The molecule has 1 heterocycles. The molecule has 1 atom stereocenters. The first-order valence-corrected chi connectivity index (χ1v) is 6.84. The van der Waals surface area contributed by atoms with E-state index in [1.165, 1.54) is 0 Å². The normalized spacial score (nSPS) is 12.2. The summed E-state index contributed by atoms with van der Waals surface area (Å²) < 4.78 is 17.1. The standard InChI is InChI=1S/C14H17BrN2O3/c1-8-4-6-11(20-8)13(17-16)9-5-7-10(18-2)12(15)14(9)19-3/h4-7,13,17H,16H2,1-3H3. The highest BCUT2D eigenvalue weighted by atomic mass is 79.9. The Morgan fingerprint density at radius 1 is 1.20 bits per heavy atom. The van der Waals surface area contributed by atoms with E-state index in [-0.39, 0.29) is 6.04 Å². The summed E-state index contributed by atoms with van der Waals surface area (Å²) in [5.41, 5.74) is 3.61. The molecule has 20 heavy (non-hydrogen) atoms. The van der Waals surface area contributed by atoms with Gasteiger partial charge in [-0.2, -0.15) is 0 Å². The van der Waals surface area contributed by atoms with Crippen LogP contribution < -0.4 is 20.7 Å². The SMILES string of the molecule is COc1ccc(C(NN)c2ccc(C)o2)c(OC)c1Br. The number of ether oxygens (including phenoxy) is 2. The van der Waals surface area contributed by atoms with Crippen molar-refractivity contribution in [3.05, 3.63) is 45.8 Å². The van der Waals surface area contributed by atoms with Crippen LogP contribution in [0, 0.1) is 6.92 Å². The Bertz CT molecular complexity index is 598. The van der Waals surface area contributed by atoms with E-state index in [1.54, 1.807) is 14.2 Å². The Balaban J connectivity index is 2.52. The maximum Gasteiger partial charge on any atom is 0.142 e. The molecule has 1 unspecified atom stereocenters. The van der Waals surface area contributed by atoms with E-state index in [1.807, 2.05) is 31.2 Å². The van der Waals surface area contributed by atoms with Crippen molar-refractivity contribution < 1.29 is 13.9 Å². The first-order valence-electron chi connectivity index (χ1n) is 6.05. The van der Waals surface area contributed by atoms with Crippen LogP contribution >= 0.6 is 15.9 Å². The molecular formula is C14H17BrN2O3. The average Bonchev–Trinajstić information content (AvgIpc) is 2.86. The van der Waals surface area contributed by atoms with Crippen molar-refractivity contribution in [3.8, 4) is 11.5 Å². The van der Waals surface area contributed by atoms with E-state index in [9.17, 15) is 0 Å². The van der Waals surface area contributed by atoms with Gasteiger partial charge >= 0.3 is 0 Å². The van der Waals surface area contributed by atoms with Crippen LogP contribution in [0.25, 0.3) is 0 Å². The van der Waals surface area contributed by atoms with Gasteiger partial charge in [0.25, 0.3) is 0 Å². The van der Waals surface area contributed by atoms with E-state index >= 15 is 0 Å². The van der Waals surface area contributed by atoms with Gasteiger partial charge < -0.3 is 13.9 Å². The fraction of sp³-hybridized carbons (Fsp3) is 0.286. The minimum Gasteiger partial charge on any atom is -0.495 e. The number of benzene rings is 1. The van der Waals surface area contributed by atoms with Gasteiger partial charge in [-0.05, 0) is 47.1 Å². The van der Waals surface area contributed by atoms with Gasteiger partial charge in [-0.25, -0.2) is 5.43 Å². The third kappa shape index (κ3) is 2.67. The van der Waals surface area contributed by atoms with E-state index in [0.29, 0.717) is 11.5 Å². The number of furan rings is 1. The number of nitrogens with one attached hydrogen (secondary N) is 1. The van der Waals surface area contributed by atoms with Crippen molar-refractivity contribution in [1.82, 2.24) is 5.43 Å². The van der Waals surface area contributed by atoms with Gasteiger partial charge in [0.1, 0.15) is 33.5 Å². The topological polar surface area (TPSA) is 69.7 Å². The highest BCUT2D eigenvalue weighted by Gasteiger charge is 2.23. The number of rotatable bonds is 5.